The van der Waals surface area contributed by atoms with E-state index in [0.29, 0.717) is 26.9 Å². The molecule has 1 fully saturated rings. The van der Waals surface area contributed by atoms with Crippen LogP contribution in [-0.4, -0.2) is 32.7 Å². The Bertz CT molecular complexity index is 533. The summed E-state index contributed by atoms with van der Waals surface area (Å²) < 4.78 is 26.3. The summed E-state index contributed by atoms with van der Waals surface area (Å²) in [5, 5.41) is 7.36. The number of nitrogens with zero attached hydrogens (tertiary/aromatic N) is 2. The van der Waals surface area contributed by atoms with Gasteiger partial charge in [0.2, 0.25) is 5.91 Å². The van der Waals surface area contributed by atoms with Crippen LogP contribution in [-0.2, 0) is 11.2 Å². The lowest BCUT2D eigenvalue weighted by atomic mass is 10.1. The normalized spacial score (nSPS) is 21.5. The molecule has 1 N–H and O–H groups in total. The number of hydrogen-bond acceptors (Lipinski definition) is 3. The highest BCUT2D eigenvalue weighted by molar-refractivity contribution is 7.99. The zero-order chi connectivity index (χ0) is 16.3. The van der Waals surface area contributed by atoms with E-state index in [1.165, 1.54) is 0 Å². The highest BCUT2D eigenvalue weighted by Crippen LogP contribution is 2.30. The van der Waals surface area contributed by atoms with Gasteiger partial charge in [0, 0.05) is 22.5 Å². The Labute approximate surface area is 134 Å². The molecule has 0 saturated heterocycles. The molecule has 1 aliphatic carbocycles. The van der Waals surface area contributed by atoms with Crippen molar-refractivity contribution in [2.45, 2.75) is 64.3 Å². The minimum absolute atomic E-state index is 0.103. The Morgan fingerprint density at radius 1 is 1.45 bits per heavy atom. The molecule has 2 rings (SSSR count). The lowest BCUT2D eigenvalue weighted by molar-refractivity contribution is -0.121. The summed E-state index contributed by atoms with van der Waals surface area (Å²) in [4.78, 5) is 12.3. The fraction of sp³-hybridized carbons (Fsp3) is 0.733. The quantitative estimate of drug-likeness (QED) is 0.870. The molecule has 0 aliphatic heterocycles. The van der Waals surface area contributed by atoms with Gasteiger partial charge < -0.3 is 5.32 Å². The molecular formula is C15H23F2N3OS. The van der Waals surface area contributed by atoms with E-state index in [1.54, 1.807) is 13.8 Å². The van der Waals surface area contributed by atoms with Gasteiger partial charge in [0.15, 0.2) is 0 Å². The zero-order valence-corrected chi connectivity index (χ0v) is 14.1. The first-order chi connectivity index (χ1) is 10.4. The van der Waals surface area contributed by atoms with Gasteiger partial charge >= 0.3 is 6.55 Å². The molecule has 124 valence electrons. The van der Waals surface area contributed by atoms with Gasteiger partial charge in [-0.15, -0.1) is 0 Å². The topological polar surface area (TPSA) is 46.9 Å². The highest BCUT2D eigenvalue weighted by Gasteiger charge is 2.29. The van der Waals surface area contributed by atoms with Crippen molar-refractivity contribution >= 4 is 17.7 Å². The molecule has 1 aromatic heterocycles. The van der Waals surface area contributed by atoms with Crippen LogP contribution in [0.5, 0.6) is 0 Å². The number of halogens is 2. The zero-order valence-electron chi connectivity index (χ0n) is 13.2. The molecule has 1 amide bonds. The van der Waals surface area contributed by atoms with Gasteiger partial charge in [0.05, 0.1) is 12.1 Å². The molecule has 7 heteroatoms. The van der Waals surface area contributed by atoms with Gasteiger partial charge in [0.1, 0.15) is 0 Å². The summed E-state index contributed by atoms with van der Waals surface area (Å²) in [5.74, 6) is 0.935. The molecule has 4 nitrogen and oxygen atoms in total. The fourth-order valence-electron chi connectivity index (χ4n) is 3.07. The van der Waals surface area contributed by atoms with E-state index in [0.717, 1.165) is 25.0 Å². The smallest absolute Gasteiger partial charge is 0.333 e. The Kier molecular flexibility index (Phi) is 5.83. The number of alkyl halides is 2. The number of nitrogens with one attached hydrogen (secondary N) is 1. The second-order valence-corrected chi connectivity index (χ2v) is 7.16. The van der Waals surface area contributed by atoms with Crippen LogP contribution in [0.15, 0.2) is 0 Å². The van der Waals surface area contributed by atoms with Crippen LogP contribution in [0, 0.1) is 13.8 Å². The predicted octanol–water partition coefficient (Wildman–Crippen LogP) is 3.23. The summed E-state index contributed by atoms with van der Waals surface area (Å²) in [6.07, 6.45) is 3.37. The first kappa shape index (κ1) is 17.2. The Morgan fingerprint density at radius 2 is 2.18 bits per heavy atom. The summed E-state index contributed by atoms with van der Waals surface area (Å²) in [7, 11) is 0. The molecule has 1 saturated carbocycles. The van der Waals surface area contributed by atoms with Gasteiger partial charge in [-0.05, 0) is 32.4 Å². The molecule has 0 radical (unpaired) electrons. The van der Waals surface area contributed by atoms with Crippen LogP contribution < -0.4 is 5.32 Å². The number of amides is 1. The fourth-order valence-corrected chi connectivity index (χ4v) is 4.26. The largest absolute Gasteiger partial charge is 0.352 e. The van der Waals surface area contributed by atoms with Crippen molar-refractivity contribution < 1.29 is 13.6 Å². The maximum atomic E-state index is 12.8. The molecule has 22 heavy (non-hydrogen) atoms. The Hall–Kier alpha value is -1.11. The van der Waals surface area contributed by atoms with E-state index in [-0.39, 0.29) is 18.4 Å². The van der Waals surface area contributed by atoms with Gasteiger partial charge in [-0.3, -0.25) is 4.79 Å². The van der Waals surface area contributed by atoms with E-state index < -0.39 is 6.55 Å². The predicted molar refractivity (Wildman–Crippen MR) is 84.4 cm³/mol. The monoisotopic (exact) mass is 331 g/mol. The third-order valence-electron chi connectivity index (χ3n) is 4.18. The molecule has 1 aliphatic rings. The van der Waals surface area contributed by atoms with Gasteiger partial charge in [0.25, 0.3) is 0 Å². The summed E-state index contributed by atoms with van der Waals surface area (Å²) >= 11 is 1.88. The van der Waals surface area contributed by atoms with Crippen LogP contribution in [0.3, 0.4) is 0 Å². The lowest BCUT2D eigenvalue weighted by Gasteiger charge is -2.20. The number of carbonyl (C=O) groups excluding carboxylic acids is 1. The van der Waals surface area contributed by atoms with Crippen molar-refractivity contribution in [1.82, 2.24) is 15.1 Å². The summed E-state index contributed by atoms with van der Waals surface area (Å²) in [6, 6.07) is 0.197. The number of aryl methyl sites for hydroxylation is 1. The Morgan fingerprint density at radius 3 is 2.77 bits per heavy atom. The third kappa shape index (κ3) is 3.80. The molecule has 1 heterocycles. The van der Waals surface area contributed by atoms with Crippen molar-refractivity contribution in [3.63, 3.8) is 0 Å². The standard InChI is InChI=1S/C15H23F2N3OS/c1-4-22-13-7-5-6-12(13)18-14(21)8-11-9(2)19-20(10(11)3)15(16)17/h12-13,15H,4-8H2,1-3H3,(H,18,21)/t12-,13+/m0/s1. The second-order valence-electron chi connectivity index (χ2n) is 5.65. The molecule has 2 atom stereocenters. The van der Waals surface area contributed by atoms with Crippen molar-refractivity contribution in [2.24, 2.45) is 0 Å². The number of thioether (sulfide) groups is 1. The second kappa shape index (κ2) is 7.44. The van der Waals surface area contributed by atoms with Crippen LogP contribution >= 0.6 is 11.8 Å². The van der Waals surface area contributed by atoms with Crippen molar-refractivity contribution in [2.75, 3.05) is 5.75 Å². The highest BCUT2D eigenvalue weighted by atomic mass is 32.2. The van der Waals surface area contributed by atoms with E-state index in [2.05, 4.69) is 17.3 Å². The van der Waals surface area contributed by atoms with Crippen molar-refractivity contribution in [1.29, 1.82) is 0 Å². The van der Waals surface area contributed by atoms with E-state index in [4.69, 9.17) is 0 Å². The first-order valence-corrected chi connectivity index (χ1v) is 8.72. The van der Waals surface area contributed by atoms with Gasteiger partial charge in [-0.1, -0.05) is 13.3 Å². The van der Waals surface area contributed by atoms with Gasteiger partial charge in [-0.2, -0.15) is 25.6 Å². The number of hydrogen-bond donors (Lipinski definition) is 1. The molecule has 1 aromatic rings. The average molecular weight is 331 g/mol. The maximum Gasteiger partial charge on any atom is 0.333 e. The third-order valence-corrected chi connectivity index (χ3v) is 5.50. The van der Waals surface area contributed by atoms with Crippen molar-refractivity contribution in [3.05, 3.63) is 17.0 Å². The molecule has 0 aromatic carbocycles. The van der Waals surface area contributed by atoms with E-state index in [9.17, 15) is 13.6 Å². The van der Waals surface area contributed by atoms with Crippen LogP contribution in [0.1, 0.15) is 49.7 Å². The maximum absolute atomic E-state index is 12.8. The average Bonchev–Trinajstić information content (AvgIpc) is 2.99. The van der Waals surface area contributed by atoms with Crippen molar-refractivity contribution in [3.8, 4) is 0 Å². The van der Waals surface area contributed by atoms with Crippen LogP contribution in [0.4, 0.5) is 8.78 Å². The Balaban J connectivity index is 2.00. The number of aromatic nitrogens is 2. The van der Waals surface area contributed by atoms with E-state index in [1.807, 2.05) is 11.8 Å². The SMILES string of the molecule is CCS[C@@H]1CCC[C@@H]1NC(=O)Cc1c(C)nn(C(F)F)c1C. The molecule has 0 spiro atoms. The van der Waals surface area contributed by atoms with E-state index >= 15 is 0 Å². The molecule has 0 unspecified atom stereocenters. The van der Waals surface area contributed by atoms with Crippen LogP contribution in [0.25, 0.3) is 0 Å². The summed E-state index contributed by atoms with van der Waals surface area (Å²) in [5.41, 5.74) is 1.47. The minimum atomic E-state index is -2.67. The van der Waals surface area contributed by atoms with Crippen LogP contribution in [0.2, 0.25) is 0 Å². The van der Waals surface area contributed by atoms with Gasteiger partial charge in [-0.25, -0.2) is 4.68 Å². The minimum Gasteiger partial charge on any atom is -0.352 e. The summed E-state index contributed by atoms with van der Waals surface area (Å²) in [6.45, 7) is 2.70. The lowest BCUT2D eigenvalue weighted by Crippen LogP contribution is -2.39. The number of rotatable bonds is 6. The first-order valence-electron chi connectivity index (χ1n) is 7.67. The molecular weight excluding hydrogens is 308 g/mol. The molecule has 0 bridgehead atoms. The number of carbonyl (C=O) groups is 1.